The highest BCUT2D eigenvalue weighted by Crippen LogP contribution is 2.21. The van der Waals surface area contributed by atoms with Crippen molar-refractivity contribution in [2.45, 2.75) is 39.3 Å². The van der Waals surface area contributed by atoms with E-state index in [-0.39, 0.29) is 0 Å². The maximum atomic E-state index is 5.21. The third-order valence-corrected chi connectivity index (χ3v) is 4.25. The molecular formula is C20H25N3O. The Kier molecular flexibility index (Phi) is 5.36. The fourth-order valence-corrected chi connectivity index (χ4v) is 2.88. The van der Waals surface area contributed by atoms with Gasteiger partial charge in [0.15, 0.2) is 0 Å². The summed E-state index contributed by atoms with van der Waals surface area (Å²) < 4.78 is 7.51. The number of benzene rings is 2. The van der Waals surface area contributed by atoms with Crippen molar-refractivity contribution in [2.24, 2.45) is 0 Å². The molecule has 4 heteroatoms. The highest BCUT2D eigenvalue weighted by Gasteiger charge is 2.09. The Balaban J connectivity index is 1.77. The van der Waals surface area contributed by atoms with E-state index in [9.17, 15) is 0 Å². The van der Waals surface area contributed by atoms with E-state index in [4.69, 9.17) is 9.72 Å². The van der Waals surface area contributed by atoms with Crippen molar-refractivity contribution in [3.63, 3.8) is 0 Å². The van der Waals surface area contributed by atoms with Crippen molar-refractivity contribution >= 4 is 17.0 Å². The second kappa shape index (κ2) is 7.86. The van der Waals surface area contributed by atoms with Gasteiger partial charge >= 0.3 is 0 Å². The quantitative estimate of drug-likeness (QED) is 0.602. The molecule has 1 heterocycles. The van der Waals surface area contributed by atoms with Gasteiger partial charge in [-0.3, -0.25) is 0 Å². The SMILES string of the molecule is CCCCCn1c(NCc2ccc(OC)cc2)nc2ccccc21. The number of methoxy groups -OCH3 is 1. The molecule has 0 aliphatic heterocycles. The molecule has 1 N–H and O–H groups in total. The predicted molar refractivity (Wildman–Crippen MR) is 99.6 cm³/mol. The number of nitrogens with one attached hydrogen (secondary N) is 1. The van der Waals surface area contributed by atoms with Gasteiger partial charge in [-0.15, -0.1) is 0 Å². The molecule has 4 nitrogen and oxygen atoms in total. The van der Waals surface area contributed by atoms with Crippen LogP contribution in [0.2, 0.25) is 0 Å². The van der Waals surface area contributed by atoms with Crippen molar-refractivity contribution in [1.29, 1.82) is 0 Å². The number of fused-ring (bicyclic) bond motifs is 1. The van der Waals surface area contributed by atoms with Crippen molar-refractivity contribution in [3.8, 4) is 5.75 Å². The summed E-state index contributed by atoms with van der Waals surface area (Å²) in [5.74, 6) is 1.83. The number of aryl methyl sites for hydroxylation is 1. The zero-order valence-electron chi connectivity index (χ0n) is 14.5. The van der Waals surface area contributed by atoms with Crippen LogP contribution in [-0.2, 0) is 13.1 Å². The summed E-state index contributed by atoms with van der Waals surface area (Å²) in [5, 5.41) is 3.49. The van der Waals surface area contributed by atoms with Gasteiger partial charge in [0.1, 0.15) is 5.75 Å². The van der Waals surface area contributed by atoms with Gasteiger partial charge in [-0.25, -0.2) is 4.98 Å². The number of anilines is 1. The fourth-order valence-electron chi connectivity index (χ4n) is 2.88. The molecule has 0 atom stereocenters. The van der Waals surface area contributed by atoms with Crippen LogP contribution < -0.4 is 10.1 Å². The fraction of sp³-hybridized carbons (Fsp3) is 0.350. The van der Waals surface area contributed by atoms with Crippen LogP contribution in [-0.4, -0.2) is 16.7 Å². The molecule has 0 saturated carbocycles. The first-order valence-corrected chi connectivity index (χ1v) is 8.64. The smallest absolute Gasteiger partial charge is 0.204 e. The van der Waals surface area contributed by atoms with Crippen LogP contribution in [0.3, 0.4) is 0 Å². The Morgan fingerprint density at radius 3 is 2.58 bits per heavy atom. The van der Waals surface area contributed by atoms with Gasteiger partial charge in [0, 0.05) is 13.1 Å². The molecule has 0 radical (unpaired) electrons. The van der Waals surface area contributed by atoms with E-state index in [0.717, 1.165) is 30.3 Å². The third kappa shape index (κ3) is 3.70. The molecule has 126 valence electrons. The minimum atomic E-state index is 0.751. The van der Waals surface area contributed by atoms with Crippen LogP contribution >= 0.6 is 0 Å². The second-order valence-corrected chi connectivity index (χ2v) is 5.98. The van der Waals surface area contributed by atoms with E-state index in [1.807, 2.05) is 18.2 Å². The van der Waals surface area contributed by atoms with Gasteiger partial charge in [-0.2, -0.15) is 0 Å². The summed E-state index contributed by atoms with van der Waals surface area (Å²) in [6.45, 7) is 3.98. The molecule has 0 spiro atoms. The standard InChI is InChI=1S/C20H25N3O/c1-3-4-7-14-23-19-9-6-5-8-18(19)22-20(23)21-15-16-10-12-17(24-2)13-11-16/h5-6,8-13H,3-4,7,14-15H2,1-2H3,(H,21,22). The molecule has 0 saturated heterocycles. The Morgan fingerprint density at radius 2 is 1.83 bits per heavy atom. The number of hydrogen-bond acceptors (Lipinski definition) is 3. The van der Waals surface area contributed by atoms with Crippen LogP contribution in [0.1, 0.15) is 31.7 Å². The number of imidazole rings is 1. The lowest BCUT2D eigenvalue weighted by atomic mass is 10.2. The third-order valence-electron chi connectivity index (χ3n) is 4.25. The number of aromatic nitrogens is 2. The number of unbranched alkanes of at least 4 members (excludes halogenated alkanes) is 2. The number of rotatable bonds is 8. The van der Waals surface area contributed by atoms with Gasteiger partial charge in [0.2, 0.25) is 5.95 Å². The molecule has 0 aliphatic carbocycles. The Morgan fingerprint density at radius 1 is 1.04 bits per heavy atom. The van der Waals surface area contributed by atoms with Crippen LogP contribution in [0, 0.1) is 0 Å². The molecule has 0 unspecified atom stereocenters. The average molecular weight is 323 g/mol. The van der Waals surface area contributed by atoms with Crippen molar-refractivity contribution in [3.05, 3.63) is 54.1 Å². The zero-order chi connectivity index (χ0) is 16.8. The highest BCUT2D eigenvalue weighted by molar-refractivity contribution is 5.78. The van der Waals surface area contributed by atoms with Crippen LogP contribution in [0.25, 0.3) is 11.0 Å². The summed E-state index contributed by atoms with van der Waals surface area (Å²) in [4.78, 5) is 4.77. The molecule has 0 amide bonds. The monoisotopic (exact) mass is 323 g/mol. The number of ether oxygens (including phenoxy) is 1. The van der Waals surface area contributed by atoms with Gasteiger partial charge in [-0.1, -0.05) is 44.0 Å². The predicted octanol–water partition coefficient (Wildman–Crippen LogP) is 4.85. The molecule has 0 fully saturated rings. The number of para-hydroxylation sites is 2. The molecule has 0 aliphatic rings. The largest absolute Gasteiger partial charge is 0.497 e. The first-order valence-electron chi connectivity index (χ1n) is 8.64. The molecule has 0 bridgehead atoms. The van der Waals surface area contributed by atoms with Crippen LogP contribution in [0.4, 0.5) is 5.95 Å². The Labute approximate surface area is 143 Å². The van der Waals surface area contributed by atoms with E-state index < -0.39 is 0 Å². The normalized spacial score (nSPS) is 10.9. The second-order valence-electron chi connectivity index (χ2n) is 5.98. The summed E-state index contributed by atoms with van der Waals surface area (Å²) in [5.41, 5.74) is 3.46. The number of nitrogens with zero attached hydrogens (tertiary/aromatic N) is 2. The number of hydrogen-bond donors (Lipinski definition) is 1. The summed E-state index contributed by atoms with van der Waals surface area (Å²) in [6.07, 6.45) is 3.64. The van der Waals surface area contributed by atoms with Crippen molar-refractivity contribution in [1.82, 2.24) is 9.55 Å². The Hall–Kier alpha value is -2.49. The van der Waals surface area contributed by atoms with E-state index in [0.29, 0.717) is 0 Å². The molecule has 3 aromatic rings. The molecule has 1 aromatic heterocycles. The first kappa shape index (κ1) is 16.4. The van der Waals surface area contributed by atoms with Gasteiger partial charge in [-0.05, 0) is 36.2 Å². The lowest BCUT2D eigenvalue weighted by Gasteiger charge is -2.11. The molecule has 3 rings (SSSR count). The zero-order valence-corrected chi connectivity index (χ0v) is 14.5. The minimum absolute atomic E-state index is 0.751. The van der Waals surface area contributed by atoms with Crippen molar-refractivity contribution < 1.29 is 4.74 Å². The Bertz CT molecular complexity index is 777. The van der Waals surface area contributed by atoms with E-state index in [1.165, 1.54) is 30.3 Å². The molecular weight excluding hydrogens is 298 g/mol. The lowest BCUT2D eigenvalue weighted by molar-refractivity contribution is 0.414. The van der Waals surface area contributed by atoms with Gasteiger partial charge in [0.05, 0.1) is 18.1 Å². The van der Waals surface area contributed by atoms with Crippen LogP contribution in [0.5, 0.6) is 5.75 Å². The first-order chi connectivity index (χ1) is 11.8. The van der Waals surface area contributed by atoms with Gasteiger partial charge < -0.3 is 14.6 Å². The summed E-state index contributed by atoms with van der Waals surface area (Å²) >= 11 is 0. The average Bonchev–Trinajstić information content (AvgIpc) is 2.98. The van der Waals surface area contributed by atoms with E-state index in [1.54, 1.807) is 7.11 Å². The minimum Gasteiger partial charge on any atom is -0.497 e. The maximum absolute atomic E-state index is 5.21. The lowest BCUT2D eigenvalue weighted by Crippen LogP contribution is -2.08. The molecule has 24 heavy (non-hydrogen) atoms. The van der Waals surface area contributed by atoms with E-state index >= 15 is 0 Å². The van der Waals surface area contributed by atoms with Gasteiger partial charge in [0.25, 0.3) is 0 Å². The maximum Gasteiger partial charge on any atom is 0.204 e. The summed E-state index contributed by atoms with van der Waals surface area (Å²) in [7, 11) is 1.69. The topological polar surface area (TPSA) is 39.1 Å². The van der Waals surface area contributed by atoms with Crippen LogP contribution in [0.15, 0.2) is 48.5 Å². The highest BCUT2D eigenvalue weighted by atomic mass is 16.5. The summed E-state index contributed by atoms with van der Waals surface area (Å²) in [6, 6.07) is 16.5. The molecule has 2 aromatic carbocycles. The van der Waals surface area contributed by atoms with Crippen molar-refractivity contribution in [2.75, 3.05) is 12.4 Å². The van der Waals surface area contributed by atoms with E-state index in [2.05, 4.69) is 47.1 Å².